The first-order valence-corrected chi connectivity index (χ1v) is 14.1. The lowest BCUT2D eigenvalue weighted by Crippen LogP contribution is -2.31. The molecule has 6 rings (SSSR count). The second-order valence-electron chi connectivity index (χ2n) is 11.4. The molecule has 2 nitrogen and oxygen atoms in total. The Kier molecular flexibility index (Phi) is 5.77. The van der Waals surface area contributed by atoms with Gasteiger partial charge in [-0.3, -0.25) is 0 Å². The zero-order valence-corrected chi connectivity index (χ0v) is 24.4. The van der Waals surface area contributed by atoms with E-state index in [1.807, 2.05) is 0 Å². The van der Waals surface area contributed by atoms with Crippen LogP contribution in [0, 0.1) is 0 Å². The summed E-state index contributed by atoms with van der Waals surface area (Å²) >= 11 is 3.70. The van der Waals surface area contributed by atoms with Crippen molar-refractivity contribution < 1.29 is 4.58 Å². The Morgan fingerprint density at radius 2 is 1.50 bits per heavy atom. The Balaban J connectivity index is 1.45. The molecule has 0 saturated heterocycles. The number of hydrogen-bond donors (Lipinski definition) is 0. The summed E-state index contributed by atoms with van der Waals surface area (Å²) < 4.78 is 3.37. The summed E-state index contributed by atoms with van der Waals surface area (Å²) in [6, 6.07) is 26.5. The van der Waals surface area contributed by atoms with E-state index in [0.717, 1.165) is 10.9 Å². The van der Waals surface area contributed by atoms with Gasteiger partial charge in [0.15, 0.2) is 5.71 Å². The predicted octanol–water partition coefficient (Wildman–Crippen LogP) is 9.15. The molecule has 1 unspecified atom stereocenters. The minimum atomic E-state index is -0.198. The molecule has 1 atom stereocenters. The Labute approximate surface area is 234 Å². The molecular formula is C35H34BrN2+. The lowest BCUT2D eigenvalue weighted by molar-refractivity contribution is -0.401. The molecule has 0 fully saturated rings. The van der Waals surface area contributed by atoms with E-state index in [1.54, 1.807) is 0 Å². The van der Waals surface area contributed by atoms with E-state index in [1.165, 1.54) is 55.5 Å². The molecule has 4 aromatic rings. The topological polar surface area (TPSA) is 6.25 Å². The van der Waals surface area contributed by atoms with Crippen LogP contribution in [0.3, 0.4) is 0 Å². The van der Waals surface area contributed by atoms with E-state index in [0.29, 0.717) is 0 Å². The molecule has 0 spiro atoms. The van der Waals surface area contributed by atoms with Crippen molar-refractivity contribution in [1.29, 1.82) is 0 Å². The van der Waals surface area contributed by atoms with Crippen LogP contribution in [0.5, 0.6) is 0 Å². The molecule has 0 aliphatic carbocycles. The first-order valence-electron chi connectivity index (χ1n) is 13.3. The van der Waals surface area contributed by atoms with Gasteiger partial charge in [0, 0.05) is 41.6 Å². The van der Waals surface area contributed by atoms with Gasteiger partial charge < -0.3 is 4.90 Å². The number of allylic oxidation sites excluding steroid dienone is 5. The maximum absolute atomic E-state index is 4.24. The zero-order chi connectivity index (χ0) is 26.8. The number of nitrogens with zero attached hydrogens (tertiary/aromatic N) is 2. The van der Waals surface area contributed by atoms with Gasteiger partial charge in [0.05, 0.1) is 5.41 Å². The smallest absolute Gasteiger partial charge is 0.210 e. The van der Waals surface area contributed by atoms with Gasteiger partial charge in [-0.2, -0.15) is 4.58 Å². The summed E-state index contributed by atoms with van der Waals surface area (Å²) in [7, 11) is 4.38. The normalized spacial score (nSPS) is 21.2. The lowest BCUT2D eigenvalue weighted by Gasteiger charge is -2.24. The molecule has 3 heteroatoms. The van der Waals surface area contributed by atoms with E-state index in [-0.39, 0.29) is 10.8 Å². The van der Waals surface area contributed by atoms with Crippen molar-refractivity contribution in [3.8, 4) is 0 Å². The molecule has 0 radical (unpaired) electrons. The van der Waals surface area contributed by atoms with E-state index in [4.69, 9.17) is 0 Å². The maximum atomic E-state index is 4.24. The van der Waals surface area contributed by atoms with Crippen molar-refractivity contribution in [3.63, 3.8) is 0 Å². The fraction of sp³-hybridized carbons (Fsp3) is 0.229. The molecule has 2 heterocycles. The van der Waals surface area contributed by atoms with Gasteiger partial charge in [0.1, 0.15) is 7.05 Å². The second-order valence-corrected chi connectivity index (χ2v) is 12.5. The third kappa shape index (κ3) is 3.55. The average molecular weight is 563 g/mol. The van der Waals surface area contributed by atoms with Gasteiger partial charge in [-0.1, -0.05) is 97.0 Å². The highest BCUT2D eigenvalue weighted by Crippen LogP contribution is 2.50. The molecule has 38 heavy (non-hydrogen) atoms. The van der Waals surface area contributed by atoms with Crippen LogP contribution in [0.25, 0.3) is 21.5 Å². The van der Waals surface area contributed by atoms with E-state index in [2.05, 4.69) is 158 Å². The van der Waals surface area contributed by atoms with Gasteiger partial charge in [-0.05, 0) is 63.1 Å². The van der Waals surface area contributed by atoms with Crippen molar-refractivity contribution in [1.82, 2.24) is 0 Å². The fourth-order valence-corrected chi connectivity index (χ4v) is 7.59. The Morgan fingerprint density at radius 3 is 2.16 bits per heavy atom. The third-order valence-corrected chi connectivity index (χ3v) is 8.98. The summed E-state index contributed by atoms with van der Waals surface area (Å²) in [6.07, 6.45) is 7.69. The van der Waals surface area contributed by atoms with Gasteiger partial charge in [-0.25, -0.2) is 0 Å². The largest absolute Gasteiger partial charge is 0.347 e. The molecule has 2 aliphatic rings. The maximum Gasteiger partial charge on any atom is 0.210 e. The molecule has 4 aromatic carbocycles. The molecule has 190 valence electrons. The second kappa shape index (κ2) is 8.81. The molecule has 0 saturated carbocycles. The number of fused-ring (bicyclic) bond motifs is 6. The molecular weight excluding hydrogens is 528 g/mol. The summed E-state index contributed by atoms with van der Waals surface area (Å²) in [5.74, 6) is 0. The minimum Gasteiger partial charge on any atom is -0.347 e. The molecule has 0 N–H and O–H groups in total. The predicted molar refractivity (Wildman–Crippen MR) is 167 cm³/mol. The average Bonchev–Trinajstić information content (AvgIpc) is 3.22. The van der Waals surface area contributed by atoms with Gasteiger partial charge in [-0.15, -0.1) is 0 Å². The lowest BCUT2D eigenvalue weighted by atomic mass is 9.74. The van der Waals surface area contributed by atoms with Crippen LogP contribution in [0.2, 0.25) is 0 Å². The van der Waals surface area contributed by atoms with E-state index < -0.39 is 0 Å². The van der Waals surface area contributed by atoms with Gasteiger partial charge in [0.2, 0.25) is 5.69 Å². The van der Waals surface area contributed by atoms with Gasteiger partial charge >= 0.3 is 0 Å². The summed E-state index contributed by atoms with van der Waals surface area (Å²) in [6.45, 7) is 11.3. The summed E-state index contributed by atoms with van der Waals surface area (Å²) in [4.78, 5) is 2.36. The molecule has 0 bridgehead atoms. The highest BCUT2D eigenvalue weighted by atomic mass is 79.9. The van der Waals surface area contributed by atoms with E-state index in [9.17, 15) is 0 Å². The van der Waals surface area contributed by atoms with Crippen LogP contribution in [0.1, 0.15) is 38.3 Å². The summed E-state index contributed by atoms with van der Waals surface area (Å²) in [5.41, 5.74) is 7.62. The fourth-order valence-electron chi connectivity index (χ4n) is 7.03. The van der Waals surface area contributed by atoms with Crippen LogP contribution in [0.4, 0.5) is 11.4 Å². The monoisotopic (exact) mass is 561 g/mol. The number of likely N-dealkylation sites (N-methyl/N-ethyl adjacent to an activating group) is 1. The Bertz CT molecular complexity index is 1740. The third-order valence-electron chi connectivity index (χ3n) is 8.70. The zero-order valence-electron chi connectivity index (χ0n) is 22.8. The number of benzene rings is 4. The highest BCUT2D eigenvalue weighted by Gasteiger charge is 2.48. The molecule has 2 aliphatic heterocycles. The number of halogens is 1. The van der Waals surface area contributed by atoms with Crippen molar-refractivity contribution in [2.24, 2.45) is 0 Å². The summed E-state index contributed by atoms with van der Waals surface area (Å²) in [5, 5.41) is 5.22. The van der Waals surface area contributed by atoms with Crippen LogP contribution < -0.4 is 4.90 Å². The van der Waals surface area contributed by atoms with Crippen molar-refractivity contribution in [2.75, 3.05) is 19.0 Å². The van der Waals surface area contributed by atoms with Crippen LogP contribution >= 0.6 is 15.9 Å². The van der Waals surface area contributed by atoms with Gasteiger partial charge in [0.25, 0.3) is 0 Å². The molecule has 0 aromatic heterocycles. The van der Waals surface area contributed by atoms with Crippen molar-refractivity contribution in [2.45, 2.75) is 38.0 Å². The molecule has 0 amide bonds. The standard InChI is InChI=1S/C35H34BrN2/c1-23(36)22-35(4)31(38(6)29-21-19-25-13-8-10-15-27(25)33(29)35)17-11-16-30-34(2,3)32-26-14-9-7-12-24(26)18-20-28(32)37(30)5/h7-21H,1,22H2,2-6H3/q+1. The van der Waals surface area contributed by atoms with E-state index >= 15 is 0 Å². The van der Waals surface area contributed by atoms with Crippen molar-refractivity contribution >= 4 is 54.6 Å². The Hall–Kier alpha value is -3.43. The van der Waals surface area contributed by atoms with Crippen LogP contribution in [0.15, 0.2) is 108 Å². The minimum absolute atomic E-state index is 0.103. The SMILES string of the molecule is C=C(Br)CC1(C)C(/C=C/C=C2/N(C)c3ccc4ccccc4c3C2(C)C)=[N+](C)c2ccc3ccccc3c21. The van der Waals surface area contributed by atoms with Crippen LogP contribution in [-0.4, -0.2) is 24.4 Å². The van der Waals surface area contributed by atoms with Crippen molar-refractivity contribution in [3.05, 3.63) is 119 Å². The quantitative estimate of drug-likeness (QED) is 0.225. The number of rotatable bonds is 4. The first kappa shape index (κ1) is 24.9. The first-order chi connectivity index (χ1) is 18.1. The Morgan fingerprint density at radius 1 is 0.895 bits per heavy atom. The highest BCUT2D eigenvalue weighted by molar-refractivity contribution is 9.11. The number of anilines is 1. The number of hydrogen-bond acceptors (Lipinski definition) is 1. The van der Waals surface area contributed by atoms with Crippen LogP contribution in [-0.2, 0) is 10.8 Å².